The van der Waals surface area contributed by atoms with Crippen LogP contribution < -0.4 is 0 Å². The summed E-state index contributed by atoms with van der Waals surface area (Å²) in [4.78, 5) is 72.1. The van der Waals surface area contributed by atoms with Crippen LogP contribution in [0.1, 0.15) is 299 Å². The minimum Gasteiger partial charge on any atom is -0.462 e. The highest BCUT2D eigenvalue weighted by Gasteiger charge is 2.30. The predicted octanol–water partition coefficient (Wildman–Crippen LogP) is 17.0. The van der Waals surface area contributed by atoms with Gasteiger partial charge in [-0.3, -0.25) is 37.3 Å². The van der Waals surface area contributed by atoms with Crippen molar-refractivity contribution in [3.8, 4) is 0 Å². The van der Waals surface area contributed by atoms with E-state index in [1.54, 1.807) is 0 Å². The molecule has 0 saturated carbocycles. The second kappa shape index (κ2) is 53.3. The van der Waals surface area contributed by atoms with Crippen LogP contribution in [0.25, 0.3) is 0 Å². The van der Waals surface area contributed by atoms with Crippen molar-refractivity contribution in [3.05, 3.63) is 0 Å². The Kier molecular flexibility index (Phi) is 52.0. The molecule has 0 aliphatic rings. The second-order valence-electron chi connectivity index (χ2n) is 24.7. The maximum atomic E-state index is 13.0. The normalized spacial score (nSPS) is 14.5. The number of phosphoric acid groups is 2. The quantitative estimate of drug-likeness (QED) is 0.0222. The van der Waals surface area contributed by atoms with Gasteiger partial charge in [-0.1, -0.05) is 248 Å². The predicted molar refractivity (Wildman–Crippen MR) is 326 cm³/mol. The first-order chi connectivity index (χ1) is 39.1. The fourth-order valence-electron chi connectivity index (χ4n) is 9.25. The van der Waals surface area contributed by atoms with Crippen LogP contribution in [-0.2, 0) is 65.4 Å². The number of hydrogen-bond acceptors (Lipinski definition) is 15. The van der Waals surface area contributed by atoms with Crippen molar-refractivity contribution in [1.29, 1.82) is 0 Å². The maximum absolute atomic E-state index is 13.0. The van der Waals surface area contributed by atoms with Crippen LogP contribution in [-0.4, -0.2) is 96.7 Å². The molecule has 0 aromatic heterocycles. The molecule has 486 valence electrons. The lowest BCUT2D eigenvalue weighted by Gasteiger charge is -2.21. The summed E-state index contributed by atoms with van der Waals surface area (Å²) < 4.78 is 67.9. The van der Waals surface area contributed by atoms with Crippen molar-refractivity contribution in [2.75, 3.05) is 39.6 Å². The number of carbonyl (C=O) groups excluding carboxylic acids is 4. The van der Waals surface area contributed by atoms with E-state index >= 15 is 0 Å². The van der Waals surface area contributed by atoms with Gasteiger partial charge >= 0.3 is 39.5 Å². The largest absolute Gasteiger partial charge is 0.472 e. The van der Waals surface area contributed by atoms with Gasteiger partial charge in [-0.15, -0.1) is 0 Å². The molecule has 0 amide bonds. The van der Waals surface area contributed by atoms with Crippen LogP contribution in [0.4, 0.5) is 0 Å². The Bertz CT molecular complexity index is 1640. The molecule has 0 aliphatic heterocycles. The summed E-state index contributed by atoms with van der Waals surface area (Å²) in [5.74, 6) is 0.692. The van der Waals surface area contributed by atoms with Crippen LogP contribution in [0.5, 0.6) is 0 Å². The van der Waals surface area contributed by atoms with Crippen molar-refractivity contribution in [2.45, 2.75) is 318 Å². The molecule has 0 aliphatic carbocycles. The van der Waals surface area contributed by atoms with E-state index < -0.39 is 97.5 Å². The molecular formula is C63H122O17P2. The van der Waals surface area contributed by atoms with Gasteiger partial charge < -0.3 is 33.8 Å². The summed E-state index contributed by atoms with van der Waals surface area (Å²) in [7, 11) is -9.89. The van der Waals surface area contributed by atoms with Crippen molar-refractivity contribution in [3.63, 3.8) is 0 Å². The highest BCUT2D eigenvalue weighted by Crippen LogP contribution is 2.45. The average molecular weight is 1210 g/mol. The van der Waals surface area contributed by atoms with Gasteiger partial charge in [0.25, 0.3) is 0 Å². The first-order valence-electron chi connectivity index (χ1n) is 32.7. The monoisotopic (exact) mass is 1210 g/mol. The van der Waals surface area contributed by atoms with Crippen LogP contribution in [0.3, 0.4) is 0 Å². The molecular weight excluding hydrogens is 1090 g/mol. The van der Waals surface area contributed by atoms with E-state index in [-0.39, 0.29) is 25.7 Å². The number of carbonyl (C=O) groups is 4. The Hall–Kier alpha value is -1.94. The number of unbranched alkanes of at least 4 members (excludes halogenated alkanes) is 26. The fourth-order valence-corrected chi connectivity index (χ4v) is 10.8. The molecule has 0 spiro atoms. The minimum absolute atomic E-state index is 0.101. The highest BCUT2D eigenvalue weighted by molar-refractivity contribution is 7.47. The van der Waals surface area contributed by atoms with Crippen molar-refractivity contribution >= 4 is 39.5 Å². The third kappa shape index (κ3) is 57.2. The summed E-state index contributed by atoms with van der Waals surface area (Å²) in [6, 6.07) is 0. The molecule has 0 saturated heterocycles. The zero-order chi connectivity index (χ0) is 61.1. The Morgan fingerprint density at radius 2 is 0.512 bits per heavy atom. The molecule has 0 fully saturated rings. The number of esters is 4. The molecule has 0 heterocycles. The first-order valence-corrected chi connectivity index (χ1v) is 35.7. The molecule has 19 heteroatoms. The Morgan fingerprint density at radius 3 is 0.756 bits per heavy atom. The summed E-state index contributed by atoms with van der Waals surface area (Å²) in [5.41, 5.74) is 0. The van der Waals surface area contributed by atoms with E-state index in [9.17, 15) is 43.2 Å². The molecule has 0 bridgehead atoms. The summed E-state index contributed by atoms with van der Waals surface area (Å²) >= 11 is 0. The van der Waals surface area contributed by atoms with Crippen molar-refractivity contribution in [2.24, 2.45) is 23.7 Å². The number of phosphoric ester groups is 2. The number of aliphatic hydroxyl groups is 1. The number of ether oxygens (including phenoxy) is 4. The Morgan fingerprint density at radius 1 is 0.305 bits per heavy atom. The number of aliphatic hydroxyl groups excluding tert-OH is 1. The number of hydrogen-bond donors (Lipinski definition) is 3. The third-order valence-corrected chi connectivity index (χ3v) is 16.2. The zero-order valence-electron chi connectivity index (χ0n) is 53.1. The first kappa shape index (κ1) is 80.1. The van der Waals surface area contributed by atoms with Crippen LogP contribution in [0, 0.1) is 23.7 Å². The fraction of sp³-hybridized carbons (Fsp3) is 0.937. The summed E-state index contributed by atoms with van der Waals surface area (Å²) in [6.45, 7) is 13.9. The Balaban J connectivity index is 5.24. The third-order valence-electron chi connectivity index (χ3n) is 14.3. The molecule has 3 unspecified atom stereocenters. The Labute approximate surface area is 498 Å². The van der Waals surface area contributed by atoms with Gasteiger partial charge in [-0.25, -0.2) is 9.13 Å². The van der Waals surface area contributed by atoms with Crippen molar-refractivity contribution < 1.29 is 80.2 Å². The lowest BCUT2D eigenvalue weighted by Crippen LogP contribution is -2.30. The van der Waals surface area contributed by atoms with Gasteiger partial charge in [0.05, 0.1) is 26.4 Å². The molecule has 0 aromatic rings. The van der Waals surface area contributed by atoms with Gasteiger partial charge in [0, 0.05) is 25.7 Å². The van der Waals surface area contributed by atoms with E-state index in [1.807, 2.05) is 0 Å². The average Bonchev–Trinajstić information content (AvgIpc) is 3.41. The van der Waals surface area contributed by atoms with E-state index in [1.165, 1.54) is 96.3 Å². The standard InChI is InChI=1S/C63H122O17P2/c1-53(2)39-31-23-15-10-9-11-19-29-37-45-62(67)79-58(49-74-61(66)44-36-28-20-14-17-25-33-41-55(5)6)51-77-81(69,70)75-47-57(64)48-76-82(71,72)78-52-59(80-63(68)46-38-30-22-21-26-34-42-56(7)8)50-73-60(65)43-35-27-18-13-12-16-24-32-40-54(3)4/h53-59,64H,9-52H2,1-8H3,(H,69,70)(H,71,72)/t57?,58-,59-/m1/s1. The van der Waals surface area contributed by atoms with Gasteiger partial charge in [0.2, 0.25) is 0 Å². The summed E-state index contributed by atoms with van der Waals surface area (Å²) in [6.07, 6.45) is 32.4. The van der Waals surface area contributed by atoms with E-state index in [4.69, 9.17) is 37.0 Å². The SMILES string of the molecule is CC(C)CCCCCCCCCCCC(=O)O[C@H](COC(=O)CCCCCCCCCC(C)C)COP(=O)(O)OCC(O)COP(=O)(O)OC[C@@H](COC(=O)CCCCCCCCCCC(C)C)OC(=O)CCCCCCCCC(C)C. The van der Waals surface area contributed by atoms with Crippen LogP contribution >= 0.6 is 15.6 Å². The molecule has 82 heavy (non-hydrogen) atoms. The van der Waals surface area contributed by atoms with E-state index in [0.717, 1.165) is 108 Å². The molecule has 3 N–H and O–H groups in total. The van der Waals surface area contributed by atoms with Crippen molar-refractivity contribution in [1.82, 2.24) is 0 Å². The smallest absolute Gasteiger partial charge is 0.462 e. The summed E-state index contributed by atoms with van der Waals surface area (Å²) in [5, 5.41) is 10.5. The maximum Gasteiger partial charge on any atom is 0.472 e. The topological polar surface area (TPSA) is 237 Å². The zero-order valence-corrected chi connectivity index (χ0v) is 54.9. The van der Waals surface area contributed by atoms with Crippen LogP contribution in [0.15, 0.2) is 0 Å². The molecule has 5 atom stereocenters. The van der Waals surface area contributed by atoms with Gasteiger partial charge in [-0.2, -0.15) is 0 Å². The van der Waals surface area contributed by atoms with Gasteiger partial charge in [0.15, 0.2) is 12.2 Å². The van der Waals surface area contributed by atoms with Crippen LogP contribution in [0.2, 0.25) is 0 Å². The van der Waals surface area contributed by atoms with Gasteiger partial charge in [-0.05, 0) is 49.4 Å². The van der Waals surface area contributed by atoms with Gasteiger partial charge in [0.1, 0.15) is 19.3 Å². The number of rotatable bonds is 60. The lowest BCUT2D eigenvalue weighted by atomic mass is 10.0. The molecule has 0 aromatic carbocycles. The lowest BCUT2D eigenvalue weighted by molar-refractivity contribution is -0.161. The molecule has 0 radical (unpaired) electrons. The second-order valence-corrected chi connectivity index (χ2v) is 27.6. The molecule has 17 nitrogen and oxygen atoms in total. The van der Waals surface area contributed by atoms with E-state index in [0.29, 0.717) is 37.5 Å². The minimum atomic E-state index is -4.94. The van der Waals surface area contributed by atoms with E-state index in [2.05, 4.69) is 55.4 Å². The highest BCUT2D eigenvalue weighted by atomic mass is 31.2. The molecule has 0 rings (SSSR count).